The van der Waals surface area contributed by atoms with Gasteiger partial charge in [0.1, 0.15) is 0 Å². The number of pyridine rings is 2. The van der Waals surface area contributed by atoms with E-state index in [4.69, 9.17) is 0 Å². The highest BCUT2D eigenvalue weighted by molar-refractivity contribution is 5.88. The third-order valence-corrected chi connectivity index (χ3v) is 5.36. The smallest absolute Gasteiger partial charge is 0.335 e. The van der Waals surface area contributed by atoms with Crippen LogP contribution < -0.4 is 0 Å². The second-order valence-corrected chi connectivity index (χ2v) is 8.44. The molecule has 0 saturated heterocycles. The van der Waals surface area contributed by atoms with Crippen molar-refractivity contribution in [2.24, 2.45) is 0 Å². The summed E-state index contributed by atoms with van der Waals surface area (Å²) in [5.74, 6) is -0.989. The molecule has 0 aromatic carbocycles. The fraction of sp³-hybridized carbons (Fsp3) is 0.0541. The molecule has 0 saturated carbocycles. The summed E-state index contributed by atoms with van der Waals surface area (Å²) in [5.41, 5.74) is 3.62. The molecule has 0 radical (unpaired) electrons. The number of aromatic nitrogens is 2. The van der Waals surface area contributed by atoms with Gasteiger partial charge < -0.3 is 5.11 Å². The fourth-order valence-electron chi connectivity index (χ4n) is 3.33. The van der Waals surface area contributed by atoms with E-state index in [2.05, 4.69) is 35.3 Å². The lowest BCUT2D eigenvalue weighted by atomic mass is 10.0. The highest BCUT2D eigenvalue weighted by Crippen LogP contribution is 2.19. The normalized spacial score (nSPS) is 13.2. The zero-order valence-corrected chi connectivity index (χ0v) is 23.2. The van der Waals surface area contributed by atoms with Crippen molar-refractivity contribution in [1.29, 1.82) is 0 Å². The SMILES string of the molecule is C=C/C=C/C=C/C=C/C=C/C=C/C(=C/C=C/C=C/C=C/C=C/C=C)CCc1ccnc(-c2cc(C(=O)O)ccn2)c1. The number of carboxylic acid groups (broad SMARTS) is 1. The summed E-state index contributed by atoms with van der Waals surface area (Å²) in [6.45, 7) is 7.29. The number of hydrogen-bond acceptors (Lipinski definition) is 3. The summed E-state index contributed by atoms with van der Waals surface area (Å²) in [4.78, 5) is 20.0. The van der Waals surface area contributed by atoms with E-state index in [0.717, 1.165) is 24.0 Å². The van der Waals surface area contributed by atoms with Crippen LogP contribution in [0.2, 0.25) is 0 Å². The number of carboxylic acids is 1. The maximum atomic E-state index is 11.3. The Morgan fingerprint density at radius 3 is 1.71 bits per heavy atom. The molecule has 0 fully saturated rings. The first-order chi connectivity index (χ1) is 20.1. The minimum atomic E-state index is -0.989. The highest BCUT2D eigenvalue weighted by Gasteiger charge is 2.08. The lowest BCUT2D eigenvalue weighted by Gasteiger charge is -2.06. The van der Waals surface area contributed by atoms with Gasteiger partial charge >= 0.3 is 5.97 Å². The van der Waals surface area contributed by atoms with Crippen molar-refractivity contribution in [2.45, 2.75) is 12.8 Å². The summed E-state index contributed by atoms with van der Waals surface area (Å²) in [6.07, 6.45) is 45.8. The van der Waals surface area contributed by atoms with E-state index in [1.807, 2.05) is 115 Å². The fourth-order valence-corrected chi connectivity index (χ4v) is 3.33. The zero-order chi connectivity index (χ0) is 29.4. The molecule has 0 atom stereocenters. The molecule has 0 bridgehead atoms. The molecule has 2 aromatic rings. The predicted molar refractivity (Wildman–Crippen MR) is 173 cm³/mol. The molecule has 0 aliphatic heterocycles. The van der Waals surface area contributed by atoms with E-state index in [1.165, 1.54) is 12.3 Å². The molecule has 2 rings (SSSR count). The lowest BCUT2D eigenvalue weighted by Crippen LogP contribution is -1.98. The summed E-state index contributed by atoms with van der Waals surface area (Å²) in [5, 5.41) is 9.29. The van der Waals surface area contributed by atoms with Gasteiger partial charge in [0.05, 0.1) is 17.0 Å². The number of rotatable bonds is 16. The molecule has 41 heavy (non-hydrogen) atoms. The molecule has 2 aromatic heterocycles. The predicted octanol–water partition coefficient (Wildman–Crippen LogP) is 9.08. The van der Waals surface area contributed by atoms with Crippen LogP contribution in [0.1, 0.15) is 22.3 Å². The molecule has 4 nitrogen and oxygen atoms in total. The Bertz CT molecular complexity index is 1440. The Morgan fingerprint density at radius 2 is 1.15 bits per heavy atom. The summed E-state index contributed by atoms with van der Waals surface area (Å²) < 4.78 is 0. The number of aromatic carboxylic acids is 1. The van der Waals surface area contributed by atoms with Crippen molar-refractivity contribution < 1.29 is 9.90 Å². The minimum Gasteiger partial charge on any atom is -0.478 e. The average Bonchev–Trinajstić information content (AvgIpc) is 2.99. The molecule has 0 aliphatic carbocycles. The zero-order valence-electron chi connectivity index (χ0n) is 23.2. The number of carbonyl (C=O) groups is 1. The Labute approximate surface area is 243 Å². The quantitative estimate of drug-likeness (QED) is 0.216. The van der Waals surface area contributed by atoms with Gasteiger partial charge in [-0.15, -0.1) is 0 Å². The van der Waals surface area contributed by atoms with Crippen LogP contribution in [0.3, 0.4) is 0 Å². The first-order valence-corrected chi connectivity index (χ1v) is 13.2. The largest absolute Gasteiger partial charge is 0.478 e. The second-order valence-electron chi connectivity index (χ2n) is 8.44. The van der Waals surface area contributed by atoms with E-state index in [0.29, 0.717) is 11.4 Å². The van der Waals surface area contributed by atoms with Crippen molar-refractivity contribution in [2.75, 3.05) is 0 Å². The second kappa shape index (κ2) is 20.6. The Hall–Kier alpha value is -5.35. The van der Waals surface area contributed by atoms with Crippen molar-refractivity contribution in [3.63, 3.8) is 0 Å². The van der Waals surface area contributed by atoms with Gasteiger partial charge in [-0.2, -0.15) is 0 Å². The lowest BCUT2D eigenvalue weighted by molar-refractivity contribution is 0.0697. The maximum absolute atomic E-state index is 11.3. The van der Waals surface area contributed by atoms with Crippen molar-refractivity contribution in [1.82, 2.24) is 9.97 Å². The molecule has 0 amide bonds. The summed E-state index contributed by atoms with van der Waals surface area (Å²) in [6, 6.07) is 6.95. The van der Waals surface area contributed by atoms with Gasteiger partial charge in [-0.05, 0) is 48.2 Å². The Balaban J connectivity index is 2.12. The van der Waals surface area contributed by atoms with Crippen LogP contribution in [0.5, 0.6) is 0 Å². The van der Waals surface area contributed by atoms with E-state index < -0.39 is 5.97 Å². The van der Waals surface area contributed by atoms with E-state index in [9.17, 15) is 9.90 Å². The molecule has 0 spiro atoms. The van der Waals surface area contributed by atoms with E-state index in [1.54, 1.807) is 24.4 Å². The number of hydrogen-bond donors (Lipinski definition) is 1. The van der Waals surface area contributed by atoms with Gasteiger partial charge in [-0.3, -0.25) is 9.97 Å². The maximum Gasteiger partial charge on any atom is 0.335 e. The molecular formula is C37H36N2O2. The number of allylic oxidation sites excluding steroid dienone is 22. The third-order valence-electron chi connectivity index (χ3n) is 5.36. The van der Waals surface area contributed by atoms with Crippen LogP contribution in [-0.2, 0) is 6.42 Å². The topological polar surface area (TPSA) is 63.1 Å². The van der Waals surface area contributed by atoms with Gasteiger partial charge in [-0.1, -0.05) is 141 Å². The first-order valence-electron chi connectivity index (χ1n) is 13.2. The van der Waals surface area contributed by atoms with Gasteiger partial charge in [0.25, 0.3) is 0 Å². The number of aryl methyl sites for hydroxylation is 1. The molecule has 4 heteroatoms. The molecular weight excluding hydrogens is 504 g/mol. The third kappa shape index (κ3) is 14.4. The van der Waals surface area contributed by atoms with Crippen LogP contribution in [0.25, 0.3) is 11.4 Å². The molecule has 206 valence electrons. The van der Waals surface area contributed by atoms with Crippen LogP contribution in [0, 0.1) is 0 Å². The van der Waals surface area contributed by atoms with Gasteiger partial charge in [-0.25, -0.2) is 4.79 Å². The first kappa shape index (κ1) is 31.9. The Morgan fingerprint density at radius 1 is 0.659 bits per heavy atom. The Kier molecular flexibility index (Phi) is 16.0. The standard InChI is InChI=1S/C37H36N2O2/c1-3-5-7-9-11-13-15-17-19-21-23-32(22-20-18-16-14-12-10-8-6-4-2)24-25-33-26-28-38-35(30-33)36-31-34(37(40)41)27-29-39-36/h3-23,26-31H,1-2,24-25H2,(H,40,41)/b7-5+,8-6+,11-9+,12-10+,15-13+,16-14+,19-17+,20-18+,23-21+,32-22-. The molecule has 0 aliphatic rings. The highest BCUT2D eigenvalue weighted by atomic mass is 16.4. The summed E-state index contributed by atoms with van der Waals surface area (Å²) >= 11 is 0. The van der Waals surface area contributed by atoms with Crippen LogP contribution in [0.15, 0.2) is 183 Å². The number of nitrogens with zero attached hydrogens (tertiary/aromatic N) is 2. The van der Waals surface area contributed by atoms with Crippen molar-refractivity contribution in [3.05, 3.63) is 194 Å². The molecule has 2 heterocycles. The van der Waals surface area contributed by atoms with Crippen LogP contribution in [-0.4, -0.2) is 21.0 Å². The van der Waals surface area contributed by atoms with Crippen LogP contribution in [0.4, 0.5) is 0 Å². The summed E-state index contributed by atoms with van der Waals surface area (Å²) in [7, 11) is 0. The van der Waals surface area contributed by atoms with E-state index >= 15 is 0 Å². The van der Waals surface area contributed by atoms with Crippen molar-refractivity contribution >= 4 is 5.97 Å². The molecule has 1 N–H and O–H groups in total. The molecule has 0 unspecified atom stereocenters. The van der Waals surface area contributed by atoms with Crippen LogP contribution >= 0.6 is 0 Å². The van der Waals surface area contributed by atoms with Crippen molar-refractivity contribution in [3.8, 4) is 11.4 Å². The van der Waals surface area contributed by atoms with Gasteiger partial charge in [0.15, 0.2) is 0 Å². The minimum absolute atomic E-state index is 0.186. The monoisotopic (exact) mass is 540 g/mol. The van der Waals surface area contributed by atoms with Gasteiger partial charge in [0.2, 0.25) is 0 Å². The van der Waals surface area contributed by atoms with E-state index in [-0.39, 0.29) is 5.56 Å². The average molecular weight is 541 g/mol. The van der Waals surface area contributed by atoms with Gasteiger partial charge in [0, 0.05) is 12.4 Å².